The summed E-state index contributed by atoms with van der Waals surface area (Å²) in [6.07, 6.45) is 6.32. The standard InChI is InChI=1S/C16H18N4/c1-11-4-3-5-14(12(11)2)15(16-9-17-10-18-16)8-13-6-7-19-20-13/h3-7,9-10,15H,8H2,1-2H3,(H,17,18)(H,19,20)/t15-/m1/s1. The molecule has 0 aliphatic rings. The molecule has 0 saturated carbocycles. The van der Waals surface area contributed by atoms with Gasteiger partial charge in [-0.15, -0.1) is 0 Å². The van der Waals surface area contributed by atoms with Gasteiger partial charge in [0.2, 0.25) is 0 Å². The van der Waals surface area contributed by atoms with Crippen LogP contribution in [0.5, 0.6) is 0 Å². The Morgan fingerprint density at radius 2 is 2.10 bits per heavy atom. The van der Waals surface area contributed by atoms with Crippen LogP contribution < -0.4 is 0 Å². The Morgan fingerprint density at radius 3 is 2.80 bits per heavy atom. The molecule has 20 heavy (non-hydrogen) atoms. The zero-order chi connectivity index (χ0) is 13.9. The highest BCUT2D eigenvalue weighted by atomic mass is 15.1. The molecule has 0 amide bonds. The minimum atomic E-state index is 0.262. The van der Waals surface area contributed by atoms with Gasteiger partial charge in [0.15, 0.2) is 0 Å². The summed E-state index contributed by atoms with van der Waals surface area (Å²) in [6, 6.07) is 8.49. The summed E-state index contributed by atoms with van der Waals surface area (Å²) < 4.78 is 0. The zero-order valence-electron chi connectivity index (χ0n) is 11.7. The van der Waals surface area contributed by atoms with Crippen LogP contribution in [0.4, 0.5) is 0 Å². The second kappa shape index (κ2) is 5.33. The molecule has 0 bridgehead atoms. The van der Waals surface area contributed by atoms with Crippen molar-refractivity contribution >= 4 is 0 Å². The number of aromatic nitrogens is 4. The first-order chi connectivity index (χ1) is 9.75. The lowest BCUT2D eigenvalue weighted by atomic mass is 9.87. The minimum Gasteiger partial charge on any atom is -0.348 e. The number of H-pyrrole nitrogens is 2. The third kappa shape index (κ3) is 2.37. The van der Waals surface area contributed by atoms with Crippen molar-refractivity contribution in [2.75, 3.05) is 0 Å². The third-order valence-electron chi connectivity index (χ3n) is 3.90. The van der Waals surface area contributed by atoms with E-state index in [0.29, 0.717) is 0 Å². The van der Waals surface area contributed by atoms with Crippen LogP contribution in [0.3, 0.4) is 0 Å². The van der Waals surface area contributed by atoms with Crippen LogP contribution in [0.15, 0.2) is 43.0 Å². The molecule has 2 N–H and O–H groups in total. The van der Waals surface area contributed by atoms with Gasteiger partial charge in [-0.3, -0.25) is 5.10 Å². The quantitative estimate of drug-likeness (QED) is 0.762. The highest BCUT2D eigenvalue weighted by Crippen LogP contribution is 2.30. The second-order valence-electron chi connectivity index (χ2n) is 5.13. The number of nitrogens with zero attached hydrogens (tertiary/aromatic N) is 2. The Hall–Kier alpha value is -2.36. The SMILES string of the molecule is Cc1cccc([C@@H](Cc2ccn[nH]2)c2cnc[nH]2)c1C. The number of aromatic amines is 2. The summed E-state index contributed by atoms with van der Waals surface area (Å²) in [5.41, 5.74) is 6.26. The first kappa shape index (κ1) is 12.7. The molecule has 0 fully saturated rings. The fourth-order valence-corrected chi connectivity index (χ4v) is 2.61. The lowest BCUT2D eigenvalue weighted by molar-refractivity contribution is 0.750. The number of imidazole rings is 1. The molecule has 1 atom stereocenters. The van der Waals surface area contributed by atoms with Crippen LogP contribution in [0.25, 0.3) is 0 Å². The number of rotatable bonds is 4. The molecular formula is C16H18N4. The lowest BCUT2D eigenvalue weighted by Crippen LogP contribution is -2.08. The van der Waals surface area contributed by atoms with Crippen LogP contribution in [-0.4, -0.2) is 20.2 Å². The van der Waals surface area contributed by atoms with Crippen molar-refractivity contribution in [3.63, 3.8) is 0 Å². The molecule has 4 nitrogen and oxygen atoms in total. The number of hydrogen-bond donors (Lipinski definition) is 2. The molecule has 0 unspecified atom stereocenters. The number of nitrogens with one attached hydrogen (secondary N) is 2. The average Bonchev–Trinajstić information content (AvgIpc) is 3.11. The van der Waals surface area contributed by atoms with Crippen molar-refractivity contribution in [2.45, 2.75) is 26.2 Å². The molecule has 1 aromatic carbocycles. The summed E-state index contributed by atoms with van der Waals surface area (Å²) in [6.45, 7) is 4.33. The summed E-state index contributed by atoms with van der Waals surface area (Å²) in [5, 5.41) is 7.09. The third-order valence-corrected chi connectivity index (χ3v) is 3.90. The van der Waals surface area contributed by atoms with Crippen LogP contribution >= 0.6 is 0 Å². The molecule has 0 saturated heterocycles. The molecule has 4 heteroatoms. The maximum absolute atomic E-state index is 4.17. The molecule has 2 aromatic heterocycles. The Balaban J connectivity index is 2.03. The van der Waals surface area contributed by atoms with E-state index in [-0.39, 0.29) is 5.92 Å². The van der Waals surface area contributed by atoms with E-state index in [1.807, 2.05) is 12.3 Å². The van der Waals surface area contributed by atoms with E-state index in [2.05, 4.69) is 52.2 Å². The van der Waals surface area contributed by atoms with Gasteiger partial charge in [0.25, 0.3) is 0 Å². The van der Waals surface area contributed by atoms with E-state index in [0.717, 1.165) is 17.8 Å². The molecule has 0 radical (unpaired) electrons. The van der Waals surface area contributed by atoms with Gasteiger partial charge >= 0.3 is 0 Å². The Kier molecular flexibility index (Phi) is 3.37. The van der Waals surface area contributed by atoms with Gasteiger partial charge in [-0.05, 0) is 36.6 Å². The van der Waals surface area contributed by atoms with Gasteiger partial charge < -0.3 is 4.98 Å². The minimum absolute atomic E-state index is 0.262. The molecule has 102 valence electrons. The van der Waals surface area contributed by atoms with Gasteiger partial charge in [0.05, 0.1) is 6.33 Å². The van der Waals surface area contributed by atoms with Crippen molar-refractivity contribution in [2.24, 2.45) is 0 Å². The van der Waals surface area contributed by atoms with E-state index in [9.17, 15) is 0 Å². The zero-order valence-corrected chi connectivity index (χ0v) is 11.7. The summed E-state index contributed by atoms with van der Waals surface area (Å²) >= 11 is 0. The van der Waals surface area contributed by atoms with Crippen LogP contribution in [-0.2, 0) is 6.42 Å². The summed E-state index contributed by atoms with van der Waals surface area (Å²) in [5.74, 6) is 0.262. The van der Waals surface area contributed by atoms with Crippen molar-refractivity contribution in [3.8, 4) is 0 Å². The van der Waals surface area contributed by atoms with Crippen molar-refractivity contribution in [1.29, 1.82) is 0 Å². The monoisotopic (exact) mass is 266 g/mol. The normalized spacial score (nSPS) is 12.5. The van der Waals surface area contributed by atoms with E-state index < -0.39 is 0 Å². The first-order valence-corrected chi connectivity index (χ1v) is 6.78. The predicted molar refractivity (Wildman–Crippen MR) is 78.6 cm³/mol. The number of aryl methyl sites for hydroxylation is 1. The molecule has 2 heterocycles. The van der Waals surface area contributed by atoms with E-state index in [1.165, 1.54) is 16.7 Å². The highest BCUT2D eigenvalue weighted by Gasteiger charge is 2.19. The number of hydrogen-bond acceptors (Lipinski definition) is 2. The molecule has 3 aromatic rings. The van der Waals surface area contributed by atoms with E-state index >= 15 is 0 Å². The van der Waals surface area contributed by atoms with Gasteiger partial charge in [-0.1, -0.05) is 18.2 Å². The van der Waals surface area contributed by atoms with Crippen LogP contribution in [0, 0.1) is 13.8 Å². The van der Waals surface area contributed by atoms with Gasteiger partial charge in [0.1, 0.15) is 0 Å². The Labute approximate surface area is 118 Å². The largest absolute Gasteiger partial charge is 0.348 e. The highest BCUT2D eigenvalue weighted by molar-refractivity contribution is 5.39. The topological polar surface area (TPSA) is 57.4 Å². The van der Waals surface area contributed by atoms with Gasteiger partial charge in [-0.25, -0.2) is 4.98 Å². The first-order valence-electron chi connectivity index (χ1n) is 6.78. The van der Waals surface area contributed by atoms with Crippen LogP contribution in [0.2, 0.25) is 0 Å². The molecule has 3 rings (SSSR count). The lowest BCUT2D eigenvalue weighted by Gasteiger charge is -2.18. The fraction of sp³-hybridized carbons (Fsp3) is 0.250. The fourth-order valence-electron chi connectivity index (χ4n) is 2.61. The second-order valence-corrected chi connectivity index (χ2v) is 5.13. The van der Waals surface area contributed by atoms with Crippen molar-refractivity contribution < 1.29 is 0 Å². The molecular weight excluding hydrogens is 248 g/mol. The maximum Gasteiger partial charge on any atom is 0.0921 e. The van der Waals surface area contributed by atoms with Gasteiger partial charge in [-0.2, -0.15) is 5.10 Å². The Bertz CT molecular complexity index is 669. The Morgan fingerprint density at radius 1 is 1.20 bits per heavy atom. The molecule has 0 spiro atoms. The van der Waals surface area contributed by atoms with E-state index in [1.54, 1.807) is 12.5 Å². The van der Waals surface area contributed by atoms with Crippen molar-refractivity contribution in [3.05, 3.63) is 71.1 Å². The van der Waals surface area contributed by atoms with Crippen molar-refractivity contribution in [1.82, 2.24) is 20.2 Å². The predicted octanol–water partition coefficient (Wildman–Crippen LogP) is 3.12. The summed E-state index contributed by atoms with van der Waals surface area (Å²) in [7, 11) is 0. The maximum atomic E-state index is 4.17. The molecule has 0 aliphatic carbocycles. The van der Waals surface area contributed by atoms with Gasteiger partial charge in [0, 0.05) is 36.1 Å². The van der Waals surface area contributed by atoms with E-state index in [4.69, 9.17) is 0 Å². The smallest absolute Gasteiger partial charge is 0.0921 e. The average molecular weight is 266 g/mol. The summed E-state index contributed by atoms with van der Waals surface area (Å²) in [4.78, 5) is 7.42. The number of benzene rings is 1. The molecule has 0 aliphatic heterocycles. The van der Waals surface area contributed by atoms with Crippen LogP contribution in [0.1, 0.15) is 34.0 Å².